The minimum absolute atomic E-state index is 0.119. The molecular formula is C15H32N2O2S2. The predicted molar refractivity (Wildman–Crippen MR) is 93.7 cm³/mol. The van der Waals surface area contributed by atoms with Gasteiger partial charge in [-0.3, -0.25) is 4.90 Å². The minimum Gasteiger partial charge on any atom is -0.314 e. The summed E-state index contributed by atoms with van der Waals surface area (Å²) < 4.78 is 24.7. The van der Waals surface area contributed by atoms with Crippen LogP contribution in [0.15, 0.2) is 0 Å². The Morgan fingerprint density at radius 2 is 2.05 bits per heavy atom. The van der Waals surface area contributed by atoms with Crippen molar-refractivity contribution in [1.29, 1.82) is 0 Å². The van der Waals surface area contributed by atoms with Gasteiger partial charge in [0.25, 0.3) is 0 Å². The minimum atomic E-state index is -3.00. The number of thioether (sulfide) groups is 1. The van der Waals surface area contributed by atoms with Crippen LogP contribution in [-0.4, -0.2) is 61.6 Å². The van der Waals surface area contributed by atoms with E-state index < -0.39 is 9.84 Å². The summed E-state index contributed by atoms with van der Waals surface area (Å²) in [6, 6.07) is 0.461. The lowest BCUT2D eigenvalue weighted by Gasteiger charge is -2.41. The van der Waals surface area contributed by atoms with Crippen molar-refractivity contribution in [3.8, 4) is 0 Å². The van der Waals surface area contributed by atoms with Crippen LogP contribution in [-0.2, 0) is 9.84 Å². The van der Waals surface area contributed by atoms with Crippen LogP contribution in [0.2, 0.25) is 0 Å². The molecule has 2 atom stereocenters. The molecule has 1 N–H and O–H groups in total. The molecule has 1 heterocycles. The van der Waals surface area contributed by atoms with Gasteiger partial charge in [-0.25, -0.2) is 8.42 Å². The third-order valence-corrected chi connectivity index (χ3v) is 7.72. The molecule has 21 heavy (non-hydrogen) atoms. The summed E-state index contributed by atoms with van der Waals surface area (Å²) in [6.45, 7) is 13.2. The zero-order valence-electron chi connectivity index (χ0n) is 14.2. The zero-order chi connectivity index (χ0) is 16.1. The summed E-state index contributed by atoms with van der Waals surface area (Å²) in [5.74, 6) is 1.99. The van der Waals surface area contributed by atoms with Crippen molar-refractivity contribution in [1.82, 2.24) is 10.2 Å². The Kier molecular flexibility index (Phi) is 7.50. The molecule has 0 bridgehead atoms. The largest absolute Gasteiger partial charge is 0.314 e. The summed E-state index contributed by atoms with van der Waals surface area (Å²) in [4.78, 5) is 2.21. The van der Waals surface area contributed by atoms with Gasteiger partial charge >= 0.3 is 0 Å². The van der Waals surface area contributed by atoms with Crippen LogP contribution in [0.1, 0.15) is 41.0 Å². The van der Waals surface area contributed by atoms with E-state index in [0.29, 0.717) is 11.8 Å². The highest BCUT2D eigenvalue weighted by molar-refractivity contribution is 8.01. The van der Waals surface area contributed by atoms with Gasteiger partial charge < -0.3 is 5.32 Å². The van der Waals surface area contributed by atoms with Crippen LogP contribution in [0, 0.1) is 5.41 Å². The fourth-order valence-corrected chi connectivity index (χ4v) is 5.63. The standard InChI is InChI=1S/C15H32N2O2S2/c1-6-15(5,11-16-13(3)4)12-17-8-9-20-10-14(17)21(18,19)7-2/h13-14,16H,6-12H2,1-5H3. The van der Waals surface area contributed by atoms with E-state index in [1.54, 1.807) is 18.7 Å². The molecule has 0 radical (unpaired) electrons. The van der Waals surface area contributed by atoms with Crippen molar-refractivity contribution in [2.45, 2.75) is 52.5 Å². The Morgan fingerprint density at radius 3 is 2.57 bits per heavy atom. The second-order valence-corrected chi connectivity index (χ2v) is 10.2. The van der Waals surface area contributed by atoms with Crippen LogP contribution >= 0.6 is 11.8 Å². The van der Waals surface area contributed by atoms with Gasteiger partial charge in [0.05, 0.1) is 0 Å². The highest BCUT2D eigenvalue weighted by Gasteiger charge is 2.36. The van der Waals surface area contributed by atoms with E-state index in [1.165, 1.54) is 0 Å². The van der Waals surface area contributed by atoms with E-state index in [2.05, 4.69) is 37.9 Å². The van der Waals surface area contributed by atoms with Crippen molar-refractivity contribution in [3.63, 3.8) is 0 Å². The van der Waals surface area contributed by atoms with E-state index in [0.717, 1.165) is 31.8 Å². The van der Waals surface area contributed by atoms with E-state index in [9.17, 15) is 8.42 Å². The third-order valence-electron chi connectivity index (χ3n) is 4.38. The molecule has 1 fully saturated rings. The van der Waals surface area contributed by atoms with E-state index in [4.69, 9.17) is 0 Å². The van der Waals surface area contributed by atoms with Gasteiger partial charge in [-0.1, -0.05) is 34.6 Å². The smallest absolute Gasteiger partial charge is 0.166 e. The number of nitrogens with zero attached hydrogens (tertiary/aromatic N) is 1. The fourth-order valence-electron chi connectivity index (χ4n) is 2.55. The van der Waals surface area contributed by atoms with Crippen LogP contribution in [0.5, 0.6) is 0 Å². The highest BCUT2D eigenvalue weighted by Crippen LogP contribution is 2.28. The van der Waals surface area contributed by atoms with Gasteiger partial charge in [0.2, 0.25) is 0 Å². The molecule has 2 unspecified atom stereocenters. The van der Waals surface area contributed by atoms with Gasteiger partial charge in [-0.15, -0.1) is 0 Å². The first kappa shape index (κ1) is 19.3. The second kappa shape index (κ2) is 8.18. The average Bonchev–Trinajstić information content (AvgIpc) is 2.45. The van der Waals surface area contributed by atoms with Crippen LogP contribution in [0.25, 0.3) is 0 Å². The van der Waals surface area contributed by atoms with Crippen molar-refractivity contribution in [3.05, 3.63) is 0 Å². The van der Waals surface area contributed by atoms with Crippen LogP contribution in [0.4, 0.5) is 0 Å². The second-order valence-electron chi connectivity index (χ2n) is 6.65. The van der Waals surface area contributed by atoms with E-state index in [1.807, 2.05) is 0 Å². The maximum atomic E-state index is 12.3. The summed E-state index contributed by atoms with van der Waals surface area (Å²) >= 11 is 1.76. The summed E-state index contributed by atoms with van der Waals surface area (Å²) in [5, 5.41) is 3.21. The monoisotopic (exact) mass is 336 g/mol. The predicted octanol–water partition coefficient (Wildman–Crippen LogP) is 2.21. The Hall–Kier alpha value is 0.220. The molecule has 126 valence electrons. The lowest BCUT2D eigenvalue weighted by atomic mass is 9.86. The van der Waals surface area contributed by atoms with Crippen molar-refractivity contribution in [2.75, 3.05) is 36.9 Å². The molecule has 0 aliphatic carbocycles. The molecule has 0 saturated carbocycles. The van der Waals surface area contributed by atoms with Crippen LogP contribution in [0.3, 0.4) is 0 Å². The van der Waals surface area contributed by atoms with Crippen molar-refractivity contribution < 1.29 is 8.42 Å². The van der Waals surface area contributed by atoms with Crippen molar-refractivity contribution >= 4 is 21.6 Å². The number of hydrogen-bond acceptors (Lipinski definition) is 5. The maximum absolute atomic E-state index is 12.3. The van der Waals surface area contributed by atoms with Gasteiger partial charge in [0.1, 0.15) is 5.37 Å². The molecule has 6 heteroatoms. The Labute approximate surface area is 135 Å². The molecule has 4 nitrogen and oxygen atoms in total. The molecule has 0 aromatic heterocycles. The first-order valence-corrected chi connectivity index (χ1v) is 10.9. The van der Waals surface area contributed by atoms with Crippen molar-refractivity contribution in [2.24, 2.45) is 5.41 Å². The number of rotatable bonds is 8. The quantitative estimate of drug-likeness (QED) is 0.736. The molecule has 0 amide bonds. The highest BCUT2D eigenvalue weighted by atomic mass is 32.2. The van der Waals surface area contributed by atoms with Gasteiger partial charge in [0.15, 0.2) is 9.84 Å². The third kappa shape index (κ3) is 5.73. The molecule has 1 saturated heterocycles. The first-order valence-electron chi connectivity index (χ1n) is 8.01. The Bertz CT molecular complexity index is 412. The summed E-state index contributed by atoms with van der Waals surface area (Å²) in [6.07, 6.45) is 1.05. The summed E-state index contributed by atoms with van der Waals surface area (Å²) in [7, 11) is -3.00. The SMILES string of the molecule is CCC(C)(CNC(C)C)CN1CCSCC1S(=O)(=O)CC. The lowest BCUT2D eigenvalue weighted by Crippen LogP contribution is -2.53. The van der Waals surface area contributed by atoms with E-state index >= 15 is 0 Å². The van der Waals surface area contributed by atoms with Crippen LogP contribution < -0.4 is 5.32 Å². The normalized spacial score (nSPS) is 24.2. The van der Waals surface area contributed by atoms with Gasteiger partial charge in [-0.2, -0.15) is 11.8 Å². The number of hydrogen-bond donors (Lipinski definition) is 1. The van der Waals surface area contributed by atoms with Gasteiger partial charge in [0, 0.05) is 42.9 Å². The average molecular weight is 337 g/mol. The van der Waals surface area contributed by atoms with Gasteiger partial charge in [-0.05, 0) is 11.8 Å². The topological polar surface area (TPSA) is 49.4 Å². The molecule has 1 aliphatic rings. The fraction of sp³-hybridized carbons (Fsp3) is 1.00. The lowest BCUT2D eigenvalue weighted by molar-refractivity contribution is 0.149. The molecule has 1 aliphatic heterocycles. The Balaban J connectivity index is 2.80. The van der Waals surface area contributed by atoms with E-state index in [-0.39, 0.29) is 16.5 Å². The number of nitrogens with one attached hydrogen (secondary N) is 1. The zero-order valence-corrected chi connectivity index (χ0v) is 15.8. The Morgan fingerprint density at radius 1 is 1.38 bits per heavy atom. The molecule has 0 aromatic carbocycles. The molecule has 0 spiro atoms. The summed E-state index contributed by atoms with van der Waals surface area (Å²) in [5.41, 5.74) is 0.119. The molecular weight excluding hydrogens is 304 g/mol. The number of sulfone groups is 1. The molecule has 0 aromatic rings. The first-order chi connectivity index (χ1) is 9.74. The molecule has 1 rings (SSSR count). The maximum Gasteiger partial charge on any atom is 0.166 e.